The second-order valence-corrected chi connectivity index (χ2v) is 8.58. The number of hydrogen-bond acceptors (Lipinski definition) is 4. The van der Waals surface area contributed by atoms with E-state index in [4.69, 9.17) is 9.52 Å². The van der Waals surface area contributed by atoms with Crippen LogP contribution in [0.3, 0.4) is 0 Å². The van der Waals surface area contributed by atoms with E-state index < -0.39 is 0 Å². The summed E-state index contributed by atoms with van der Waals surface area (Å²) < 4.78 is 20.5. The van der Waals surface area contributed by atoms with Gasteiger partial charge in [0, 0.05) is 37.0 Å². The first-order valence-electron chi connectivity index (χ1n) is 11.6. The quantitative estimate of drug-likeness (QED) is 0.450. The number of furan rings is 1. The third-order valence-corrected chi connectivity index (χ3v) is 6.19. The van der Waals surface area contributed by atoms with E-state index in [-0.39, 0.29) is 35.9 Å². The SMILES string of the molecule is O=C(NCc1cn(-c2ccccc2)nc1-c1ccc(F)cc1)[C@@H]1CCCN(C(=O)c2ccco2)C1. The van der Waals surface area contributed by atoms with Crippen molar-refractivity contribution in [3.05, 3.63) is 96.3 Å². The molecular formula is C27H25FN4O3. The van der Waals surface area contributed by atoms with E-state index in [1.807, 2.05) is 36.5 Å². The van der Waals surface area contributed by atoms with Crippen molar-refractivity contribution < 1.29 is 18.4 Å². The van der Waals surface area contributed by atoms with Crippen molar-refractivity contribution in [2.24, 2.45) is 5.92 Å². The summed E-state index contributed by atoms with van der Waals surface area (Å²) >= 11 is 0. The van der Waals surface area contributed by atoms with Gasteiger partial charge in [-0.15, -0.1) is 0 Å². The number of para-hydroxylation sites is 1. The molecule has 1 atom stereocenters. The lowest BCUT2D eigenvalue weighted by atomic mass is 9.96. The number of halogens is 1. The first kappa shape index (κ1) is 22.6. The summed E-state index contributed by atoms with van der Waals surface area (Å²) in [6, 6.07) is 19.1. The molecule has 0 radical (unpaired) electrons. The zero-order chi connectivity index (χ0) is 24.2. The van der Waals surface area contributed by atoms with Crippen LogP contribution in [0.15, 0.2) is 83.6 Å². The Morgan fingerprint density at radius 1 is 1.06 bits per heavy atom. The highest BCUT2D eigenvalue weighted by Crippen LogP contribution is 2.25. The van der Waals surface area contributed by atoms with Crippen molar-refractivity contribution in [2.45, 2.75) is 19.4 Å². The summed E-state index contributed by atoms with van der Waals surface area (Å²) in [7, 11) is 0. The molecule has 2 aromatic carbocycles. The fraction of sp³-hybridized carbons (Fsp3) is 0.222. The minimum absolute atomic E-state index is 0.112. The van der Waals surface area contributed by atoms with E-state index in [1.54, 1.807) is 33.8 Å². The van der Waals surface area contributed by atoms with Crippen LogP contribution < -0.4 is 5.32 Å². The fourth-order valence-corrected chi connectivity index (χ4v) is 4.36. The van der Waals surface area contributed by atoms with E-state index in [0.717, 1.165) is 23.2 Å². The molecule has 1 aliphatic heterocycles. The molecule has 35 heavy (non-hydrogen) atoms. The van der Waals surface area contributed by atoms with Crippen molar-refractivity contribution >= 4 is 11.8 Å². The van der Waals surface area contributed by atoms with Crippen molar-refractivity contribution in [3.8, 4) is 16.9 Å². The Bertz CT molecular complexity index is 1300. The van der Waals surface area contributed by atoms with Gasteiger partial charge in [-0.05, 0) is 61.4 Å². The molecule has 2 aromatic heterocycles. The molecule has 1 aliphatic rings. The van der Waals surface area contributed by atoms with E-state index >= 15 is 0 Å². The second kappa shape index (κ2) is 9.97. The number of likely N-dealkylation sites (tertiary alicyclic amines) is 1. The average Bonchev–Trinajstić information content (AvgIpc) is 3.59. The van der Waals surface area contributed by atoms with Crippen LogP contribution in [-0.4, -0.2) is 39.6 Å². The monoisotopic (exact) mass is 472 g/mol. The number of nitrogens with one attached hydrogen (secondary N) is 1. The second-order valence-electron chi connectivity index (χ2n) is 8.58. The molecule has 3 heterocycles. The Labute approximate surface area is 202 Å². The van der Waals surface area contributed by atoms with Gasteiger partial charge in [0.15, 0.2) is 5.76 Å². The van der Waals surface area contributed by atoms with Crippen molar-refractivity contribution in [2.75, 3.05) is 13.1 Å². The molecule has 1 saturated heterocycles. The molecule has 0 unspecified atom stereocenters. The molecule has 0 spiro atoms. The molecule has 5 rings (SSSR count). The first-order chi connectivity index (χ1) is 17.1. The summed E-state index contributed by atoms with van der Waals surface area (Å²) in [5.74, 6) is -0.656. The van der Waals surface area contributed by atoms with Gasteiger partial charge in [0.05, 0.1) is 23.6 Å². The summed E-state index contributed by atoms with van der Waals surface area (Å²) in [4.78, 5) is 27.4. The number of rotatable bonds is 6. The number of piperidine rings is 1. The highest BCUT2D eigenvalue weighted by atomic mass is 19.1. The minimum Gasteiger partial charge on any atom is -0.459 e. The van der Waals surface area contributed by atoms with E-state index in [1.165, 1.54) is 18.4 Å². The van der Waals surface area contributed by atoms with Crippen LogP contribution in [0.1, 0.15) is 29.0 Å². The molecule has 0 bridgehead atoms. The van der Waals surface area contributed by atoms with Gasteiger partial charge >= 0.3 is 0 Å². The zero-order valence-electron chi connectivity index (χ0n) is 19.1. The summed E-state index contributed by atoms with van der Waals surface area (Å²) in [6.45, 7) is 1.21. The van der Waals surface area contributed by atoms with Gasteiger partial charge in [-0.3, -0.25) is 9.59 Å². The maximum Gasteiger partial charge on any atom is 0.289 e. The molecular weight excluding hydrogens is 447 g/mol. The van der Waals surface area contributed by atoms with Crippen LogP contribution in [0.2, 0.25) is 0 Å². The van der Waals surface area contributed by atoms with Crippen LogP contribution in [0.25, 0.3) is 16.9 Å². The maximum atomic E-state index is 13.5. The third kappa shape index (κ3) is 5.01. The van der Waals surface area contributed by atoms with Crippen LogP contribution in [0.4, 0.5) is 4.39 Å². The topological polar surface area (TPSA) is 80.4 Å². The molecule has 8 heteroatoms. The van der Waals surface area contributed by atoms with Gasteiger partial charge in [-0.1, -0.05) is 18.2 Å². The molecule has 0 aliphatic carbocycles. The number of carbonyl (C=O) groups is 2. The van der Waals surface area contributed by atoms with E-state index in [9.17, 15) is 14.0 Å². The Morgan fingerprint density at radius 3 is 2.60 bits per heavy atom. The lowest BCUT2D eigenvalue weighted by Gasteiger charge is -2.31. The largest absolute Gasteiger partial charge is 0.459 e. The first-order valence-corrected chi connectivity index (χ1v) is 11.6. The standard InChI is InChI=1S/C27H25FN4O3/c28-22-12-10-19(11-13-22)25-21(18-32(30-25)23-7-2-1-3-8-23)16-29-26(33)20-6-4-14-31(17-20)27(34)24-9-5-15-35-24/h1-3,5,7-13,15,18,20H,4,6,14,16-17H2,(H,29,33)/t20-/m1/s1. The van der Waals surface area contributed by atoms with Gasteiger partial charge in [-0.2, -0.15) is 5.10 Å². The fourth-order valence-electron chi connectivity index (χ4n) is 4.36. The van der Waals surface area contributed by atoms with Crippen LogP contribution in [0, 0.1) is 11.7 Å². The Kier molecular flexibility index (Phi) is 6.43. The number of hydrogen-bond donors (Lipinski definition) is 1. The summed E-state index contributed by atoms with van der Waals surface area (Å²) in [6.07, 6.45) is 4.80. The van der Waals surface area contributed by atoms with Crippen molar-refractivity contribution in [1.82, 2.24) is 20.0 Å². The average molecular weight is 473 g/mol. The minimum atomic E-state index is -0.322. The smallest absolute Gasteiger partial charge is 0.289 e. The molecule has 0 saturated carbocycles. The lowest BCUT2D eigenvalue weighted by molar-refractivity contribution is -0.126. The molecule has 4 aromatic rings. The van der Waals surface area contributed by atoms with Gasteiger partial charge in [0.25, 0.3) is 5.91 Å². The highest BCUT2D eigenvalue weighted by molar-refractivity contribution is 5.92. The van der Waals surface area contributed by atoms with E-state index in [0.29, 0.717) is 25.2 Å². The normalized spacial score (nSPS) is 15.7. The molecule has 178 valence electrons. The van der Waals surface area contributed by atoms with Crippen LogP contribution in [-0.2, 0) is 11.3 Å². The number of aromatic nitrogens is 2. The molecule has 1 N–H and O–H groups in total. The van der Waals surface area contributed by atoms with Crippen LogP contribution in [0.5, 0.6) is 0 Å². The van der Waals surface area contributed by atoms with Gasteiger partial charge in [-0.25, -0.2) is 9.07 Å². The van der Waals surface area contributed by atoms with Crippen LogP contribution >= 0.6 is 0 Å². The Morgan fingerprint density at radius 2 is 1.86 bits per heavy atom. The van der Waals surface area contributed by atoms with Gasteiger partial charge < -0.3 is 14.6 Å². The Hall–Kier alpha value is -4.20. The summed E-state index contributed by atoms with van der Waals surface area (Å²) in [5, 5.41) is 7.74. The molecule has 2 amide bonds. The van der Waals surface area contributed by atoms with E-state index in [2.05, 4.69) is 5.32 Å². The Balaban J connectivity index is 1.32. The number of amides is 2. The van der Waals surface area contributed by atoms with Gasteiger partial charge in [0.2, 0.25) is 5.91 Å². The number of benzene rings is 2. The zero-order valence-corrected chi connectivity index (χ0v) is 19.1. The highest BCUT2D eigenvalue weighted by Gasteiger charge is 2.30. The van der Waals surface area contributed by atoms with Crippen molar-refractivity contribution in [1.29, 1.82) is 0 Å². The molecule has 7 nitrogen and oxygen atoms in total. The third-order valence-electron chi connectivity index (χ3n) is 6.19. The predicted octanol–water partition coefficient (Wildman–Crippen LogP) is 4.44. The lowest BCUT2D eigenvalue weighted by Crippen LogP contribution is -2.45. The van der Waals surface area contributed by atoms with Crippen molar-refractivity contribution in [3.63, 3.8) is 0 Å². The van der Waals surface area contributed by atoms with Gasteiger partial charge in [0.1, 0.15) is 5.82 Å². The maximum absolute atomic E-state index is 13.5. The summed E-state index contributed by atoms with van der Waals surface area (Å²) in [5.41, 5.74) is 3.13. The number of carbonyl (C=O) groups excluding carboxylic acids is 2. The molecule has 1 fully saturated rings. The predicted molar refractivity (Wildman–Crippen MR) is 128 cm³/mol. The number of nitrogens with zero attached hydrogens (tertiary/aromatic N) is 3.